The molecule has 0 bridgehead atoms. The fraction of sp³-hybridized carbons (Fsp3) is 0.300. The Balaban J connectivity index is 1.53. The molecule has 1 fully saturated rings. The van der Waals surface area contributed by atoms with Crippen molar-refractivity contribution in [2.75, 3.05) is 37.3 Å². The maximum absolute atomic E-state index is 13.1. The summed E-state index contributed by atoms with van der Waals surface area (Å²) in [7, 11) is -3.36. The number of aromatic nitrogens is 1. The molecule has 1 aliphatic rings. The molecule has 0 atom stereocenters. The summed E-state index contributed by atoms with van der Waals surface area (Å²) in [5, 5.41) is 1.13. The van der Waals surface area contributed by atoms with Crippen LogP contribution in [0.3, 0.4) is 0 Å². The first-order valence-corrected chi connectivity index (χ1v) is 11.7. The Morgan fingerprint density at radius 2 is 1.79 bits per heavy atom. The lowest BCUT2D eigenvalue weighted by atomic mass is 10.1. The molecule has 0 radical (unpaired) electrons. The van der Waals surface area contributed by atoms with Gasteiger partial charge in [0.25, 0.3) is 5.91 Å². The van der Waals surface area contributed by atoms with Crippen LogP contribution in [0.25, 0.3) is 10.1 Å². The first-order chi connectivity index (χ1) is 13.4. The molecule has 0 unspecified atom stereocenters. The molecule has 0 aliphatic carbocycles. The van der Waals surface area contributed by atoms with Crippen LogP contribution in [0, 0.1) is 6.92 Å². The summed E-state index contributed by atoms with van der Waals surface area (Å²) < 4.78 is 25.2. The standard InChI is InChI=1S/C20H21N3O3S2/c1-14-15-6-3-4-7-16(15)27-18(14)20(24)23-12-10-22(11-13-23)19-17(28(2,25)26)8-5-9-21-19/h3-9H,10-13H2,1-2H3. The van der Waals surface area contributed by atoms with Crippen LogP contribution in [0.2, 0.25) is 0 Å². The van der Waals surface area contributed by atoms with E-state index >= 15 is 0 Å². The topological polar surface area (TPSA) is 70.6 Å². The number of sulfone groups is 1. The molecule has 1 saturated heterocycles. The van der Waals surface area contributed by atoms with E-state index in [0.717, 1.165) is 20.5 Å². The van der Waals surface area contributed by atoms with E-state index in [1.807, 2.05) is 41.0 Å². The first-order valence-electron chi connectivity index (χ1n) is 9.03. The number of nitrogens with zero attached hydrogens (tertiary/aromatic N) is 3. The summed E-state index contributed by atoms with van der Waals surface area (Å²) in [5.41, 5.74) is 1.03. The average Bonchev–Trinajstić information content (AvgIpc) is 3.04. The van der Waals surface area contributed by atoms with E-state index in [0.29, 0.717) is 32.0 Å². The van der Waals surface area contributed by atoms with E-state index < -0.39 is 9.84 Å². The predicted molar refractivity (Wildman–Crippen MR) is 112 cm³/mol. The number of piperazine rings is 1. The van der Waals surface area contributed by atoms with Gasteiger partial charge in [0, 0.05) is 43.3 Å². The van der Waals surface area contributed by atoms with Gasteiger partial charge < -0.3 is 9.80 Å². The number of hydrogen-bond acceptors (Lipinski definition) is 6. The number of pyridine rings is 1. The van der Waals surface area contributed by atoms with Gasteiger partial charge in [0.15, 0.2) is 9.84 Å². The maximum Gasteiger partial charge on any atom is 0.264 e. The largest absolute Gasteiger partial charge is 0.352 e. The van der Waals surface area contributed by atoms with Gasteiger partial charge in [-0.05, 0) is 36.1 Å². The van der Waals surface area contributed by atoms with Gasteiger partial charge in [0.2, 0.25) is 0 Å². The molecule has 4 rings (SSSR count). The highest BCUT2D eigenvalue weighted by Crippen LogP contribution is 2.32. The van der Waals surface area contributed by atoms with Gasteiger partial charge >= 0.3 is 0 Å². The minimum absolute atomic E-state index is 0.0442. The number of carbonyl (C=O) groups is 1. The average molecular weight is 416 g/mol. The second kappa shape index (κ2) is 7.18. The van der Waals surface area contributed by atoms with Crippen molar-refractivity contribution in [1.29, 1.82) is 0 Å². The minimum atomic E-state index is -3.36. The van der Waals surface area contributed by atoms with Crippen LogP contribution in [0.5, 0.6) is 0 Å². The van der Waals surface area contributed by atoms with Crippen LogP contribution in [0.1, 0.15) is 15.2 Å². The van der Waals surface area contributed by atoms with Crippen molar-refractivity contribution in [2.45, 2.75) is 11.8 Å². The third-order valence-electron chi connectivity index (χ3n) is 5.05. The highest BCUT2D eigenvalue weighted by molar-refractivity contribution is 7.90. The molecular weight excluding hydrogens is 394 g/mol. The number of fused-ring (bicyclic) bond motifs is 1. The van der Waals surface area contributed by atoms with E-state index in [9.17, 15) is 13.2 Å². The van der Waals surface area contributed by atoms with E-state index in [1.54, 1.807) is 18.3 Å². The molecule has 2 aromatic heterocycles. The molecule has 0 saturated carbocycles. The second-order valence-corrected chi connectivity index (χ2v) is 9.97. The Hall–Kier alpha value is -2.45. The summed E-state index contributed by atoms with van der Waals surface area (Å²) >= 11 is 1.53. The van der Waals surface area contributed by atoms with Crippen molar-refractivity contribution in [3.8, 4) is 0 Å². The van der Waals surface area contributed by atoms with E-state index in [-0.39, 0.29) is 10.8 Å². The monoisotopic (exact) mass is 415 g/mol. The summed E-state index contributed by atoms with van der Waals surface area (Å²) in [6, 6.07) is 11.3. The Bertz CT molecular complexity index is 1150. The molecule has 0 N–H and O–H groups in total. The number of benzene rings is 1. The van der Waals surface area contributed by atoms with E-state index in [4.69, 9.17) is 0 Å². The lowest BCUT2D eigenvalue weighted by Gasteiger charge is -2.35. The van der Waals surface area contributed by atoms with E-state index in [1.165, 1.54) is 17.6 Å². The zero-order chi connectivity index (χ0) is 19.9. The second-order valence-electron chi connectivity index (χ2n) is 6.93. The minimum Gasteiger partial charge on any atom is -0.352 e. The number of thiophene rings is 1. The predicted octanol–water partition coefficient (Wildman–Crippen LogP) is 2.97. The molecule has 146 valence electrons. The summed E-state index contributed by atoms with van der Waals surface area (Å²) in [4.78, 5) is 22.2. The number of carbonyl (C=O) groups excluding carboxylic acids is 1. The summed E-state index contributed by atoms with van der Waals surface area (Å²) in [5.74, 6) is 0.512. The summed E-state index contributed by atoms with van der Waals surface area (Å²) in [6.45, 7) is 4.16. The SMILES string of the molecule is Cc1c(C(=O)N2CCN(c3ncccc3S(C)(=O)=O)CC2)sc2ccccc12. The Morgan fingerprint density at radius 1 is 1.07 bits per heavy atom. The molecule has 6 nitrogen and oxygen atoms in total. The van der Waals surface area contributed by atoms with Crippen LogP contribution in [-0.4, -0.2) is 56.6 Å². The molecule has 1 aliphatic heterocycles. The fourth-order valence-electron chi connectivity index (χ4n) is 3.55. The van der Waals surface area contributed by atoms with Crippen molar-refractivity contribution < 1.29 is 13.2 Å². The van der Waals surface area contributed by atoms with Crippen molar-refractivity contribution in [2.24, 2.45) is 0 Å². The van der Waals surface area contributed by atoms with Crippen LogP contribution in [0.4, 0.5) is 5.82 Å². The molecular formula is C20H21N3O3S2. The van der Waals surface area contributed by atoms with Gasteiger partial charge in [0.05, 0.1) is 4.88 Å². The number of aryl methyl sites for hydroxylation is 1. The van der Waals surface area contributed by atoms with Gasteiger partial charge in [-0.15, -0.1) is 11.3 Å². The zero-order valence-electron chi connectivity index (χ0n) is 15.8. The lowest BCUT2D eigenvalue weighted by Crippen LogP contribution is -2.49. The molecule has 1 amide bonds. The third kappa shape index (κ3) is 3.38. The van der Waals surface area contributed by atoms with Gasteiger partial charge in [-0.1, -0.05) is 18.2 Å². The van der Waals surface area contributed by atoms with Crippen molar-refractivity contribution in [3.63, 3.8) is 0 Å². The molecule has 8 heteroatoms. The number of amides is 1. The molecule has 1 aromatic carbocycles. The van der Waals surface area contributed by atoms with Crippen LogP contribution in [0.15, 0.2) is 47.5 Å². The number of hydrogen-bond donors (Lipinski definition) is 0. The summed E-state index contributed by atoms with van der Waals surface area (Å²) in [6.07, 6.45) is 2.79. The third-order valence-corrected chi connectivity index (χ3v) is 7.43. The van der Waals surface area contributed by atoms with Crippen molar-refractivity contribution in [1.82, 2.24) is 9.88 Å². The first kappa shape index (κ1) is 18.9. The highest BCUT2D eigenvalue weighted by Gasteiger charge is 2.27. The quantitative estimate of drug-likeness (QED) is 0.658. The van der Waals surface area contributed by atoms with Gasteiger partial charge in [-0.3, -0.25) is 4.79 Å². The van der Waals surface area contributed by atoms with Gasteiger partial charge in [-0.25, -0.2) is 13.4 Å². The highest BCUT2D eigenvalue weighted by atomic mass is 32.2. The Morgan fingerprint density at radius 3 is 2.46 bits per heavy atom. The van der Waals surface area contributed by atoms with Crippen molar-refractivity contribution in [3.05, 3.63) is 53.0 Å². The molecule has 3 heterocycles. The maximum atomic E-state index is 13.1. The normalized spacial score (nSPS) is 15.2. The lowest BCUT2D eigenvalue weighted by molar-refractivity contribution is 0.0750. The zero-order valence-corrected chi connectivity index (χ0v) is 17.4. The molecule has 0 spiro atoms. The van der Waals surface area contributed by atoms with Gasteiger partial charge in [-0.2, -0.15) is 0 Å². The van der Waals surface area contributed by atoms with Gasteiger partial charge in [0.1, 0.15) is 10.7 Å². The number of rotatable bonds is 3. The van der Waals surface area contributed by atoms with Crippen LogP contribution >= 0.6 is 11.3 Å². The van der Waals surface area contributed by atoms with Crippen LogP contribution < -0.4 is 4.90 Å². The van der Waals surface area contributed by atoms with Crippen molar-refractivity contribution >= 4 is 43.0 Å². The molecule has 28 heavy (non-hydrogen) atoms. The fourth-order valence-corrected chi connectivity index (χ4v) is 5.57. The van der Waals surface area contributed by atoms with E-state index in [2.05, 4.69) is 4.98 Å². The Labute approximate surface area is 168 Å². The van der Waals surface area contributed by atoms with Crippen LogP contribution in [-0.2, 0) is 9.84 Å². The molecule has 3 aromatic rings. The smallest absolute Gasteiger partial charge is 0.264 e. The Kier molecular flexibility index (Phi) is 4.84. The number of anilines is 1.